The molecular formula is C14H23N3O. The van der Waals surface area contributed by atoms with Gasteiger partial charge in [-0.1, -0.05) is 0 Å². The highest BCUT2D eigenvalue weighted by Crippen LogP contribution is 2.18. The third kappa shape index (κ3) is 3.68. The largest absolute Gasteiger partial charge is 0.385 e. The Kier molecular flexibility index (Phi) is 4.19. The molecule has 0 unspecified atom stereocenters. The summed E-state index contributed by atoms with van der Waals surface area (Å²) in [5.74, 6) is 0. The number of aromatic nitrogens is 1. The summed E-state index contributed by atoms with van der Waals surface area (Å²) in [5.41, 5.74) is 2.22. The summed E-state index contributed by atoms with van der Waals surface area (Å²) >= 11 is 0. The van der Waals surface area contributed by atoms with Crippen LogP contribution in [0.25, 0.3) is 0 Å². The highest BCUT2D eigenvalue weighted by molar-refractivity contribution is 5.42. The molecule has 0 aliphatic carbocycles. The first-order valence-electron chi connectivity index (χ1n) is 6.64. The maximum absolute atomic E-state index is 5.72. The molecule has 4 heteroatoms. The Morgan fingerprint density at radius 1 is 1.50 bits per heavy atom. The van der Waals surface area contributed by atoms with Crippen molar-refractivity contribution in [1.82, 2.24) is 9.88 Å². The van der Waals surface area contributed by atoms with Gasteiger partial charge in [0.1, 0.15) is 0 Å². The lowest BCUT2D eigenvalue weighted by molar-refractivity contribution is -0.0885. The van der Waals surface area contributed by atoms with Gasteiger partial charge in [-0.3, -0.25) is 9.88 Å². The van der Waals surface area contributed by atoms with Crippen molar-refractivity contribution in [2.24, 2.45) is 0 Å². The van der Waals surface area contributed by atoms with Gasteiger partial charge in [0, 0.05) is 38.1 Å². The second-order valence-electron chi connectivity index (χ2n) is 5.38. The first kappa shape index (κ1) is 13.3. The van der Waals surface area contributed by atoms with Crippen LogP contribution in [0.2, 0.25) is 0 Å². The number of anilines is 1. The first-order valence-corrected chi connectivity index (χ1v) is 6.64. The van der Waals surface area contributed by atoms with Gasteiger partial charge < -0.3 is 10.1 Å². The predicted octanol–water partition coefficient (Wildman–Crippen LogP) is 2.12. The fraction of sp³-hybridized carbons (Fsp3) is 0.643. The van der Waals surface area contributed by atoms with E-state index in [1.807, 2.05) is 12.3 Å². The molecule has 0 aromatic carbocycles. The van der Waals surface area contributed by atoms with Crippen molar-refractivity contribution in [1.29, 1.82) is 0 Å². The van der Waals surface area contributed by atoms with Crippen LogP contribution in [0.4, 0.5) is 5.69 Å². The van der Waals surface area contributed by atoms with Gasteiger partial charge in [-0.15, -0.1) is 0 Å². The molecule has 1 aliphatic heterocycles. The van der Waals surface area contributed by atoms with Gasteiger partial charge in [0.2, 0.25) is 0 Å². The third-order valence-corrected chi connectivity index (χ3v) is 3.09. The van der Waals surface area contributed by atoms with Gasteiger partial charge in [0.05, 0.1) is 17.9 Å². The number of hydrogen-bond donors (Lipinski definition) is 1. The van der Waals surface area contributed by atoms with Crippen LogP contribution >= 0.6 is 0 Å². The van der Waals surface area contributed by atoms with Gasteiger partial charge in [-0.05, 0) is 32.9 Å². The van der Waals surface area contributed by atoms with Crippen molar-refractivity contribution in [2.75, 3.05) is 31.6 Å². The Bertz CT molecular complexity index is 392. The molecule has 0 radical (unpaired) electrons. The number of hydrogen-bond acceptors (Lipinski definition) is 4. The van der Waals surface area contributed by atoms with E-state index < -0.39 is 0 Å². The molecule has 0 amide bonds. The second kappa shape index (κ2) is 5.67. The average molecular weight is 249 g/mol. The van der Waals surface area contributed by atoms with Crippen molar-refractivity contribution < 1.29 is 4.74 Å². The molecular weight excluding hydrogens is 226 g/mol. The molecule has 0 spiro atoms. The van der Waals surface area contributed by atoms with Crippen molar-refractivity contribution in [3.8, 4) is 0 Å². The van der Waals surface area contributed by atoms with E-state index in [0.29, 0.717) is 0 Å². The lowest BCUT2D eigenvalue weighted by Gasteiger charge is -2.38. The Morgan fingerprint density at radius 3 is 3.06 bits per heavy atom. The van der Waals surface area contributed by atoms with E-state index in [9.17, 15) is 0 Å². The molecule has 1 aliphatic rings. The minimum atomic E-state index is -0.0441. The van der Waals surface area contributed by atoms with E-state index >= 15 is 0 Å². The van der Waals surface area contributed by atoms with Crippen LogP contribution in [0, 0.1) is 0 Å². The van der Waals surface area contributed by atoms with E-state index in [1.54, 1.807) is 0 Å². The summed E-state index contributed by atoms with van der Waals surface area (Å²) in [6, 6.07) is 4.14. The minimum Gasteiger partial charge on any atom is -0.385 e. The van der Waals surface area contributed by atoms with E-state index in [1.165, 1.54) is 0 Å². The Balaban J connectivity index is 1.98. The number of morpholine rings is 1. The summed E-state index contributed by atoms with van der Waals surface area (Å²) in [6.45, 7) is 11.0. The Hall–Kier alpha value is -1.13. The van der Waals surface area contributed by atoms with Gasteiger partial charge in [0.25, 0.3) is 0 Å². The maximum atomic E-state index is 5.72. The minimum absolute atomic E-state index is 0.0441. The third-order valence-electron chi connectivity index (χ3n) is 3.09. The van der Waals surface area contributed by atoms with Gasteiger partial charge in [0.15, 0.2) is 0 Å². The van der Waals surface area contributed by atoms with Crippen LogP contribution in [0.15, 0.2) is 18.3 Å². The van der Waals surface area contributed by atoms with Crippen LogP contribution in [0.3, 0.4) is 0 Å². The summed E-state index contributed by atoms with van der Waals surface area (Å²) in [5, 5.41) is 3.32. The van der Waals surface area contributed by atoms with Gasteiger partial charge in [-0.2, -0.15) is 0 Å². The van der Waals surface area contributed by atoms with E-state index in [4.69, 9.17) is 4.74 Å². The van der Waals surface area contributed by atoms with Gasteiger partial charge in [-0.25, -0.2) is 0 Å². The summed E-state index contributed by atoms with van der Waals surface area (Å²) in [6.07, 6.45) is 1.87. The van der Waals surface area contributed by atoms with Gasteiger partial charge >= 0.3 is 0 Å². The highest BCUT2D eigenvalue weighted by Gasteiger charge is 2.27. The van der Waals surface area contributed by atoms with Crippen molar-refractivity contribution >= 4 is 5.69 Å². The summed E-state index contributed by atoms with van der Waals surface area (Å²) in [4.78, 5) is 6.85. The number of ether oxygens (including phenoxy) is 1. The molecule has 2 heterocycles. The lowest BCUT2D eigenvalue weighted by Crippen LogP contribution is -2.47. The summed E-state index contributed by atoms with van der Waals surface area (Å²) < 4.78 is 5.72. The molecule has 1 saturated heterocycles. The van der Waals surface area contributed by atoms with Crippen LogP contribution in [-0.2, 0) is 11.3 Å². The van der Waals surface area contributed by atoms with Crippen molar-refractivity contribution in [3.63, 3.8) is 0 Å². The lowest BCUT2D eigenvalue weighted by atomic mass is 10.1. The maximum Gasteiger partial charge on any atom is 0.0753 e. The molecule has 18 heavy (non-hydrogen) atoms. The van der Waals surface area contributed by atoms with Crippen LogP contribution in [-0.4, -0.2) is 41.7 Å². The molecule has 4 nitrogen and oxygen atoms in total. The van der Waals surface area contributed by atoms with E-state index in [-0.39, 0.29) is 5.60 Å². The molecule has 1 aromatic heterocycles. The zero-order valence-corrected chi connectivity index (χ0v) is 11.6. The van der Waals surface area contributed by atoms with E-state index in [0.717, 1.165) is 44.2 Å². The fourth-order valence-corrected chi connectivity index (χ4v) is 2.36. The average Bonchev–Trinajstić information content (AvgIpc) is 2.28. The zero-order valence-electron chi connectivity index (χ0n) is 11.6. The molecule has 2 rings (SSSR count). The molecule has 0 saturated carbocycles. The van der Waals surface area contributed by atoms with Crippen molar-refractivity contribution in [3.05, 3.63) is 24.0 Å². The SMILES string of the molecule is CCNc1ccnc(CN2CCOC(C)(C)C2)c1. The number of nitrogens with zero attached hydrogens (tertiary/aromatic N) is 2. The smallest absolute Gasteiger partial charge is 0.0753 e. The molecule has 1 N–H and O–H groups in total. The number of rotatable bonds is 4. The molecule has 1 fully saturated rings. The molecule has 1 aromatic rings. The molecule has 0 bridgehead atoms. The topological polar surface area (TPSA) is 37.4 Å². The van der Waals surface area contributed by atoms with Crippen LogP contribution < -0.4 is 5.32 Å². The quantitative estimate of drug-likeness (QED) is 0.887. The predicted molar refractivity (Wildman–Crippen MR) is 73.7 cm³/mol. The molecule has 0 atom stereocenters. The monoisotopic (exact) mass is 249 g/mol. The fourth-order valence-electron chi connectivity index (χ4n) is 2.36. The standard InChI is InChI=1S/C14H23N3O/c1-4-15-12-5-6-16-13(9-12)10-17-7-8-18-14(2,3)11-17/h5-6,9H,4,7-8,10-11H2,1-3H3,(H,15,16). The number of nitrogens with one attached hydrogen (secondary N) is 1. The first-order chi connectivity index (χ1) is 8.59. The summed E-state index contributed by atoms with van der Waals surface area (Å²) in [7, 11) is 0. The Morgan fingerprint density at radius 2 is 2.33 bits per heavy atom. The van der Waals surface area contributed by atoms with Crippen molar-refractivity contribution in [2.45, 2.75) is 32.9 Å². The van der Waals surface area contributed by atoms with Crippen LogP contribution in [0.5, 0.6) is 0 Å². The zero-order chi connectivity index (χ0) is 13.0. The van der Waals surface area contributed by atoms with E-state index in [2.05, 4.69) is 42.0 Å². The normalized spacial score (nSPS) is 19.7. The number of pyridine rings is 1. The second-order valence-corrected chi connectivity index (χ2v) is 5.38. The van der Waals surface area contributed by atoms with Crippen LogP contribution in [0.1, 0.15) is 26.5 Å². The Labute approximate surface area is 109 Å². The molecule has 100 valence electrons. The highest BCUT2D eigenvalue weighted by atomic mass is 16.5.